The summed E-state index contributed by atoms with van der Waals surface area (Å²) < 4.78 is 2.59. The Labute approximate surface area is 111 Å². The fourth-order valence-corrected chi connectivity index (χ4v) is 2.10. The van der Waals surface area contributed by atoms with E-state index in [1.165, 1.54) is 0 Å². The van der Waals surface area contributed by atoms with Crippen LogP contribution in [0.5, 0.6) is 0 Å². The number of aromatic nitrogens is 4. The molecule has 86 valence electrons. The molecule has 6 heteroatoms. The van der Waals surface area contributed by atoms with Crippen molar-refractivity contribution < 1.29 is 0 Å². The summed E-state index contributed by atoms with van der Waals surface area (Å²) in [4.78, 5) is 4.27. The lowest BCUT2D eigenvalue weighted by molar-refractivity contribution is 1.08. The Bertz CT molecular complexity index is 771. The van der Waals surface area contributed by atoms with E-state index in [2.05, 4.69) is 37.2 Å². The van der Waals surface area contributed by atoms with Crippen molar-refractivity contribution in [2.24, 2.45) is 0 Å². The molecule has 3 heterocycles. The average molecular weight is 300 g/mol. The minimum atomic E-state index is 0.551. The van der Waals surface area contributed by atoms with Gasteiger partial charge in [-0.05, 0) is 40.2 Å². The van der Waals surface area contributed by atoms with E-state index in [4.69, 9.17) is 5.26 Å². The molecule has 0 unspecified atom stereocenters. The van der Waals surface area contributed by atoms with Crippen LogP contribution in [0.3, 0.4) is 0 Å². The van der Waals surface area contributed by atoms with Crippen LogP contribution in [0, 0.1) is 11.3 Å². The fraction of sp³-hybridized carbons (Fsp3) is 0. The number of pyridine rings is 2. The highest BCUT2D eigenvalue weighted by molar-refractivity contribution is 9.10. The molecule has 5 nitrogen and oxygen atoms in total. The number of halogens is 1. The van der Waals surface area contributed by atoms with Gasteiger partial charge in [-0.2, -0.15) is 5.26 Å². The van der Waals surface area contributed by atoms with Gasteiger partial charge < -0.3 is 0 Å². The smallest absolute Gasteiger partial charge is 0.188 e. The molecule has 0 atom stereocenters. The Kier molecular flexibility index (Phi) is 2.54. The van der Waals surface area contributed by atoms with E-state index in [1.807, 2.05) is 12.1 Å². The molecule has 0 N–H and O–H groups in total. The third-order valence-electron chi connectivity index (χ3n) is 2.50. The second-order valence-electron chi connectivity index (χ2n) is 3.62. The molecule has 0 bridgehead atoms. The molecule has 3 aromatic heterocycles. The topological polar surface area (TPSA) is 66.9 Å². The molecule has 0 spiro atoms. The molecule has 0 fully saturated rings. The highest BCUT2D eigenvalue weighted by atomic mass is 79.9. The third-order valence-corrected chi connectivity index (χ3v) is 3.14. The van der Waals surface area contributed by atoms with Crippen molar-refractivity contribution in [3.63, 3.8) is 0 Å². The highest BCUT2D eigenvalue weighted by Gasteiger charge is 2.12. The molecule has 18 heavy (non-hydrogen) atoms. The summed E-state index contributed by atoms with van der Waals surface area (Å²) >= 11 is 3.43. The van der Waals surface area contributed by atoms with Gasteiger partial charge in [-0.15, -0.1) is 10.2 Å². The molecule has 0 radical (unpaired) electrons. The van der Waals surface area contributed by atoms with Gasteiger partial charge in [0, 0.05) is 16.9 Å². The lowest BCUT2D eigenvalue weighted by Gasteiger charge is -2.01. The maximum atomic E-state index is 8.92. The van der Waals surface area contributed by atoms with Gasteiger partial charge >= 0.3 is 0 Å². The SMILES string of the molecule is N#Cc1ccc2nnc(-c3ncccc3Br)n2c1. The number of nitrogens with zero attached hydrogens (tertiary/aromatic N) is 5. The Balaban J connectivity index is 2.31. The third kappa shape index (κ3) is 1.65. The van der Waals surface area contributed by atoms with Gasteiger partial charge in [-0.1, -0.05) is 0 Å². The van der Waals surface area contributed by atoms with Crippen LogP contribution < -0.4 is 0 Å². The van der Waals surface area contributed by atoms with Gasteiger partial charge in [0.15, 0.2) is 11.5 Å². The summed E-state index contributed by atoms with van der Waals surface area (Å²) in [5.74, 6) is 0.606. The van der Waals surface area contributed by atoms with E-state index in [9.17, 15) is 0 Å². The summed E-state index contributed by atoms with van der Waals surface area (Å²) in [7, 11) is 0. The van der Waals surface area contributed by atoms with E-state index in [0.717, 1.165) is 4.47 Å². The Morgan fingerprint density at radius 1 is 1.22 bits per heavy atom. The van der Waals surface area contributed by atoms with Crippen molar-refractivity contribution in [3.8, 4) is 17.6 Å². The summed E-state index contributed by atoms with van der Waals surface area (Å²) in [6, 6.07) is 9.28. The van der Waals surface area contributed by atoms with Gasteiger partial charge in [0.2, 0.25) is 0 Å². The van der Waals surface area contributed by atoms with E-state index in [1.54, 1.807) is 28.9 Å². The van der Waals surface area contributed by atoms with Crippen molar-refractivity contribution in [2.75, 3.05) is 0 Å². The quantitative estimate of drug-likeness (QED) is 0.692. The molecule has 0 aliphatic carbocycles. The van der Waals surface area contributed by atoms with Gasteiger partial charge in [-0.3, -0.25) is 9.38 Å². The van der Waals surface area contributed by atoms with Gasteiger partial charge in [0.05, 0.1) is 5.56 Å². The summed E-state index contributed by atoms with van der Waals surface area (Å²) in [6.07, 6.45) is 3.39. The lowest BCUT2D eigenvalue weighted by atomic mass is 10.3. The minimum absolute atomic E-state index is 0.551. The van der Waals surface area contributed by atoms with Crippen LogP contribution in [0.2, 0.25) is 0 Å². The molecule has 0 saturated heterocycles. The van der Waals surface area contributed by atoms with Crippen molar-refractivity contribution in [1.29, 1.82) is 5.26 Å². The monoisotopic (exact) mass is 299 g/mol. The molecule has 3 aromatic rings. The van der Waals surface area contributed by atoms with Gasteiger partial charge in [-0.25, -0.2) is 0 Å². The number of hydrogen-bond acceptors (Lipinski definition) is 4. The van der Waals surface area contributed by atoms with Crippen LogP contribution in [0.15, 0.2) is 41.1 Å². The standard InChI is InChI=1S/C12H6BrN5/c13-9-2-1-5-15-11(9)12-17-16-10-4-3-8(6-14)7-18(10)12/h1-5,7H. The highest BCUT2D eigenvalue weighted by Crippen LogP contribution is 2.24. The number of fused-ring (bicyclic) bond motifs is 1. The Morgan fingerprint density at radius 2 is 2.11 bits per heavy atom. The van der Waals surface area contributed by atoms with E-state index in [-0.39, 0.29) is 0 Å². The predicted octanol–water partition coefficient (Wildman–Crippen LogP) is 2.43. The lowest BCUT2D eigenvalue weighted by Crippen LogP contribution is -1.93. The first kappa shape index (κ1) is 10.9. The molecular weight excluding hydrogens is 294 g/mol. The zero-order valence-corrected chi connectivity index (χ0v) is 10.7. The van der Waals surface area contributed by atoms with Gasteiger partial charge in [0.1, 0.15) is 11.8 Å². The van der Waals surface area contributed by atoms with Crippen molar-refractivity contribution >= 4 is 21.6 Å². The van der Waals surface area contributed by atoms with Crippen LogP contribution in [0.25, 0.3) is 17.2 Å². The molecule has 0 amide bonds. The summed E-state index contributed by atoms with van der Waals surface area (Å²) in [5.41, 5.74) is 1.93. The molecule has 0 aliphatic heterocycles. The molecule has 3 rings (SSSR count). The molecule has 0 aliphatic rings. The second kappa shape index (κ2) is 4.20. The normalized spacial score (nSPS) is 10.4. The van der Waals surface area contributed by atoms with Crippen LogP contribution in [-0.4, -0.2) is 19.6 Å². The summed E-state index contributed by atoms with van der Waals surface area (Å²) in [5, 5.41) is 17.1. The van der Waals surface area contributed by atoms with E-state index < -0.39 is 0 Å². The van der Waals surface area contributed by atoms with Crippen molar-refractivity contribution in [3.05, 3.63) is 46.7 Å². The Hall–Kier alpha value is -2.26. The first-order valence-corrected chi connectivity index (χ1v) is 5.94. The second-order valence-corrected chi connectivity index (χ2v) is 4.47. The largest absolute Gasteiger partial charge is 0.280 e. The first-order valence-electron chi connectivity index (χ1n) is 5.15. The van der Waals surface area contributed by atoms with E-state index >= 15 is 0 Å². The molecule has 0 aromatic carbocycles. The maximum Gasteiger partial charge on any atom is 0.188 e. The Morgan fingerprint density at radius 3 is 2.89 bits per heavy atom. The number of hydrogen-bond donors (Lipinski definition) is 0. The summed E-state index contributed by atoms with van der Waals surface area (Å²) in [6.45, 7) is 0. The minimum Gasteiger partial charge on any atom is -0.280 e. The zero-order chi connectivity index (χ0) is 12.5. The van der Waals surface area contributed by atoms with Crippen LogP contribution in [-0.2, 0) is 0 Å². The average Bonchev–Trinajstić information content (AvgIpc) is 2.82. The van der Waals surface area contributed by atoms with Gasteiger partial charge in [0.25, 0.3) is 0 Å². The first-order chi connectivity index (χ1) is 8.79. The van der Waals surface area contributed by atoms with Crippen LogP contribution in [0.4, 0.5) is 0 Å². The number of nitriles is 1. The predicted molar refractivity (Wildman–Crippen MR) is 68.6 cm³/mol. The molecular formula is C12H6BrN5. The van der Waals surface area contributed by atoms with Crippen LogP contribution in [0.1, 0.15) is 5.56 Å². The van der Waals surface area contributed by atoms with Crippen molar-refractivity contribution in [1.82, 2.24) is 19.6 Å². The number of rotatable bonds is 1. The maximum absolute atomic E-state index is 8.92. The van der Waals surface area contributed by atoms with Crippen molar-refractivity contribution in [2.45, 2.75) is 0 Å². The molecule has 0 saturated carbocycles. The fourth-order valence-electron chi connectivity index (χ4n) is 1.67. The van der Waals surface area contributed by atoms with E-state index in [0.29, 0.717) is 22.7 Å². The van der Waals surface area contributed by atoms with Crippen LogP contribution >= 0.6 is 15.9 Å². The zero-order valence-electron chi connectivity index (χ0n) is 9.08.